The van der Waals surface area contributed by atoms with Gasteiger partial charge in [0.1, 0.15) is 17.2 Å². The summed E-state index contributed by atoms with van der Waals surface area (Å²) in [5.74, 6) is 2.34. The van der Waals surface area contributed by atoms with Crippen LogP contribution >= 0.6 is 0 Å². The van der Waals surface area contributed by atoms with E-state index in [0.29, 0.717) is 25.4 Å². The van der Waals surface area contributed by atoms with E-state index in [0.717, 1.165) is 54.1 Å². The zero-order valence-electron chi connectivity index (χ0n) is 18.7. The largest absolute Gasteiger partial charge is 0.494 e. The van der Waals surface area contributed by atoms with E-state index in [1.807, 2.05) is 37.3 Å². The molecule has 0 unspecified atom stereocenters. The van der Waals surface area contributed by atoms with Gasteiger partial charge in [-0.25, -0.2) is 0 Å². The van der Waals surface area contributed by atoms with Crippen LogP contribution in [-0.4, -0.2) is 25.6 Å². The standard InChI is InChI=1S/C26H34O4/c1-5-9-24-21(18-23(29-16-6-2)19-26(24)30-17-7-3)12-15-25(27)20-10-13-22(14-11-20)28-8-4/h10-15,18-19H,5-9,16-17H2,1-4H3. The van der Waals surface area contributed by atoms with Crippen LogP contribution in [-0.2, 0) is 6.42 Å². The van der Waals surface area contributed by atoms with Gasteiger partial charge >= 0.3 is 0 Å². The van der Waals surface area contributed by atoms with Crippen molar-refractivity contribution in [1.82, 2.24) is 0 Å². The summed E-state index contributed by atoms with van der Waals surface area (Å²) in [7, 11) is 0. The van der Waals surface area contributed by atoms with Crippen molar-refractivity contribution in [2.45, 2.75) is 53.4 Å². The fourth-order valence-corrected chi connectivity index (χ4v) is 3.09. The molecule has 30 heavy (non-hydrogen) atoms. The smallest absolute Gasteiger partial charge is 0.185 e. The van der Waals surface area contributed by atoms with Crippen LogP contribution in [0.3, 0.4) is 0 Å². The Morgan fingerprint density at radius 3 is 2.17 bits per heavy atom. The first-order valence-electron chi connectivity index (χ1n) is 11.0. The number of ether oxygens (including phenoxy) is 3. The second kappa shape index (κ2) is 12.7. The molecule has 0 aliphatic heterocycles. The average molecular weight is 411 g/mol. The van der Waals surface area contributed by atoms with Gasteiger partial charge in [-0.1, -0.05) is 33.3 Å². The van der Waals surface area contributed by atoms with Crippen LogP contribution < -0.4 is 14.2 Å². The number of benzene rings is 2. The van der Waals surface area contributed by atoms with Gasteiger partial charge in [0.2, 0.25) is 0 Å². The summed E-state index contributed by atoms with van der Waals surface area (Å²) in [6.07, 6.45) is 7.24. The number of hydrogen-bond acceptors (Lipinski definition) is 4. The molecular weight excluding hydrogens is 376 g/mol. The van der Waals surface area contributed by atoms with Gasteiger partial charge < -0.3 is 14.2 Å². The zero-order valence-corrected chi connectivity index (χ0v) is 18.7. The molecule has 0 bridgehead atoms. The third-order valence-corrected chi connectivity index (χ3v) is 4.52. The molecule has 0 radical (unpaired) electrons. The van der Waals surface area contributed by atoms with Gasteiger partial charge in [-0.3, -0.25) is 4.79 Å². The van der Waals surface area contributed by atoms with Crippen molar-refractivity contribution in [2.75, 3.05) is 19.8 Å². The molecule has 0 spiro atoms. The Hall–Kier alpha value is -2.75. The van der Waals surface area contributed by atoms with Crippen molar-refractivity contribution in [3.05, 3.63) is 59.2 Å². The molecule has 2 aromatic carbocycles. The highest BCUT2D eigenvalue weighted by atomic mass is 16.5. The minimum absolute atomic E-state index is 0.0450. The quantitative estimate of drug-likeness (QED) is 0.279. The highest BCUT2D eigenvalue weighted by Crippen LogP contribution is 2.31. The van der Waals surface area contributed by atoms with Crippen LogP contribution in [0, 0.1) is 0 Å². The number of ketones is 1. The fourth-order valence-electron chi connectivity index (χ4n) is 3.09. The van der Waals surface area contributed by atoms with Gasteiger partial charge in [-0.15, -0.1) is 0 Å². The van der Waals surface area contributed by atoms with Crippen LogP contribution in [0.5, 0.6) is 17.2 Å². The minimum Gasteiger partial charge on any atom is -0.494 e. The van der Waals surface area contributed by atoms with Crippen LogP contribution in [0.15, 0.2) is 42.5 Å². The summed E-state index contributed by atoms with van der Waals surface area (Å²) in [6.45, 7) is 10.2. The number of hydrogen-bond donors (Lipinski definition) is 0. The summed E-state index contributed by atoms with van der Waals surface area (Å²) in [4.78, 5) is 12.7. The van der Waals surface area contributed by atoms with Gasteiger partial charge in [0, 0.05) is 17.2 Å². The maximum atomic E-state index is 12.7. The molecule has 4 heteroatoms. The topological polar surface area (TPSA) is 44.8 Å². The van der Waals surface area contributed by atoms with E-state index in [-0.39, 0.29) is 5.78 Å². The zero-order chi connectivity index (χ0) is 21.8. The van der Waals surface area contributed by atoms with E-state index >= 15 is 0 Å². The molecule has 0 amide bonds. The lowest BCUT2D eigenvalue weighted by Gasteiger charge is -2.16. The first kappa shape index (κ1) is 23.5. The lowest BCUT2D eigenvalue weighted by molar-refractivity contribution is 0.104. The molecule has 2 rings (SSSR count). The minimum atomic E-state index is -0.0450. The summed E-state index contributed by atoms with van der Waals surface area (Å²) in [5, 5.41) is 0. The van der Waals surface area contributed by atoms with Gasteiger partial charge in [0.15, 0.2) is 5.78 Å². The Morgan fingerprint density at radius 1 is 0.833 bits per heavy atom. The van der Waals surface area contributed by atoms with E-state index in [1.165, 1.54) is 0 Å². The normalized spacial score (nSPS) is 10.9. The molecule has 4 nitrogen and oxygen atoms in total. The number of rotatable bonds is 13. The monoisotopic (exact) mass is 410 g/mol. The molecule has 2 aromatic rings. The Balaban J connectivity index is 2.32. The molecule has 162 valence electrons. The SMILES string of the molecule is CCCOc1cc(C=CC(=O)c2ccc(OCC)cc2)c(CCC)c(OCCC)c1. The summed E-state index contributed by atoms with van der Waals surface area (Å²) < 4.78 is 17.3. The summed E-state index contributed by atoms with van der Waals surface area (Å²) in [5.41, 5.74) is 2.72. The van der Waals surface area contributed by atoms with Gasteiger partial charge in [-0.2, -0.15) is 0 Å². The van der Waals surface area contributed by atoms with E-state index in [1.54, 1.807) is 18.2 Å². The Kier molecular flexibility index (Phi) is 9.99. The Bertz CT molecular complexity index is 822. The fraction of sp³-hybridized carbons (Fsp3) is 0.423. The van der Waals surface area contributed by atoms with Crippen LogP contribution in [0.4, 0.5) is 0 Å². The predicted molar refractivity (Wildman–Crippen MR) is 123 cm³/mol. The molecule has 0 heterocycles. The number of carbonyl (C=O) groups excluding carboxylic acids is 1. The molecule has 0 fully saturated rings. The van der Waals surface area contributed by atoms with Crippen molar-refractivity contribution >= 4 is 11.9 Å². The molecule has 0 saturated heterocycles. The van der Waals surface area contributed by atoms with E-state index < -0.39 is 0 Å². The summed E-state index contributed by atoms with van der Waals surface area (Å²) >= 11 is 0. The maximum absolute atomic E-state index is 12.7. The summed E-state index contributed by atoms with van der Waals surface area (Å²) in [6, 6.07) is 11.2. The van der Waals surface area contributed by atoms with E-state index in [9.17, 15) is 4.79 Å². The third kappa shape index (κ3) is 6.94. The Morgan fingerprint density at radius 2 is 1.53 bits per heavy atom. The van der Waals surface area contributed by atoms with Crippen LogP contribution in [0.25, 0.3) is 6.08 Å². The third-order valence-electron chi connectivity index (χ3n) is 4.52. The Labute approximate surface area is 180 Å². The van der Waals surface area contributed by atoms with Crippen molar-refractivity contribution in [2.24, 2.45) is 0 Å². The molecule has 0 saturated carbocycles. The predicted octanol–water partition coefficient (Wildman–Crippen LogP) is 6.51. The van der Waals surface area contributed by atoms with Gasteiger partial charge in [-0.05, 0) is 68.2 Å². The van der Waals surface area contributed by atoms with Crippen molar-refractivity contribution in [3.63, 3.8) is 0 Å². The molecular formula is C26H34O4. The van der Waals surface area contributed by atoms with Gasteiger partial charge in [0.05, 0.1) is 19.8 Å². The van der Waals surface area contributed by atoms with E-state index in [4.69, 9.17) is 14.2 Å². The second-order valence-corrected chi connectivity index (χ2v) is 7.09. The molecule has 0 aliphatic carbocycles. The lowest BCUT2D eigenvalue weighted by atomic mass is 10.00. The molecule has 0 aromatic heterocycles. The highest BCUT2D eigenvalue weighted by Gasteiger charge is 2.12. The first-order valence-corrected chi connectivity index (χ1v) is 11.0. The van der Waals surface area contributed by atoms with Gasteiger partial charge in [0.25, 0.3) is 0 Å². The van der Waals surface area contributed by atoms with Crippen molar-refractivity contribution in [3.8, 4) is 17.2 Å². The van der Waals surface area contributed by atoms with Crippen molar-refractivity contribution < 1.29 is 19.0 Å². The lowest BCUT2D eigenvalue weighted by Crippen LogP contribution is -2.03. The number of carbonyl (C=O) groups is 1. The molecule has 0 atom stereocenters. The molecule has 0 N–H and O–H groups in total. The van der Waals surface area contributed by atoms with E-state index in [2.05, 4.69) is 20.8 Å². The highest BCUT2D eigenvalue weighted by molar-refractivity contribution is 6.07. The van der Waals surface area contributed by atoms with Crippen LogP contribution in [0.2, 0.25) is 0 Å². The molecule has 0 aliphatic rings. The maximum Gasteiger partial charge on any atom is 0.185 e. The average Bonchev–Trinajstić information content (AvgIpc) is 2.76. The first-order chi connectivity index (χ1) is 14.6. The van der Waals surface area contributed by atoms with Crippen molar-refractivity contribution in [1.29, 1.82) is 0 Å². The second-order valence-electron chi connectivity index (χ2n) is 7.09. The van der Waals surface area contributed by atoms with Crippen LogP contribution in [0.1, 0.15) is 68.4 Å². The number of allylic oxidation sites excluding steroid dienone is 1.